The molecule has 0 radical (unpaired) electrons. The largest absolute Gasteiger partial charge is 0.379 e. The van der Waals surface area contributed by atoms with E-state index in [0.717, 1.165) is 50.8 Å². The van der Waals surface area contributed by atoms with Gasteiger partial charge in [0.2, 0.25) is 0 Å². The molecule has 112 valence electrons. The summed E-state index contributed by atoms with van der Waals surface area (Å²) in [4.78, 5) is 12.7. The van der Waals surface area contributed by atoms with Crippen LogP contribution in [0.3, 0.4) is 0 Å². The molecule has 0 bridgehead atoms. The Morgan fingerprint density at radius 1 is 1.45 bits per heavy atom. The Morgan fingerprint density at radius 3 is 2.90 bits per heavy atom. The molecule has 1 aromatic rings. The van der Waals surface area contributed by atoms with Gasteiger partial charge < -0.3 is 4.74 Å². The first-order valence-corrected chi connectivity index (χ1v) is 9.34. The molecule has 1 atom stereocenters. The van der Waals surface area contributed by atoms with Crippen LogP contribution in [0.25, 0.3) is 0 Å². The molecule has 1 saturated heterocycles. The van der Waals surface area contributed by atoms with Gasteiger partial charge in [-0.05, 0) is 13.3 Å². The number of ether oxygens (including phenoxy) is 1. The highest BCUT2D eigenvalue weighted by molar-refractivity contribution is 14.1. The van der Waals surface area contributed by atoms with E-state index in [1.54, 1.807) is 0 Å². The molecule has 0 aliphatic carbocycles. The van der Waals surface area contributed by atoms with E-state index in [1.807, 2.05) is 24.9 Å². The molecule has 2 heterocycles. The van der Waals surface area contributed by atoms with Crippen molar-refractivity contribution in [1.82, 2.24) is 14.9 Å². The summed E-state index contributed by atoms with van der Waals surface area (Å²) in [5.74, 6) is 1.96. The minimum atomic E-state index is 0.472. The van der Waals surface area contributed by atoms with Gasteiger partial charge in [0.15, 0.2) is 0 Å². The standard InChI is InChI=1S/C14H22IN3OS/c1-3-12(15)14-13(10-16-11(2)17-14)20-9-6-18-4-7-19-8-5-18/h10,12H,3-9H2,1-2H3. The van der Waals surface area contributed by atoms with E-state index in [9.17, 15) is 0 Å². The Kier molecular flexibility index (Phi) is 7.00. The number of hydrogen-bond donors (Lipinski definition) is 0. The summed E-state index contributed by atoms with van der Waals surface area (Å²) < 4.78 is 5.85. The molecule has 0 aromatic carbocycles. The van der Waals surface area contributed by atoms with E-state index >= 15 is 0 Å². The zero-order valence-corrected chi connectivity index (χ0v) is 15.1. The smallest absolute Gasteiger partial charge is 0.125 e. The third-order valence-electron chi connectivity index (χ3n) is 3.33. The van der Waals surface area contributed by atoms with Gasteiger partial charge in [0.25, 0.3) is 0 Å². The lowest BCUT2D eigenvalue weighted by molar-refractivity contribution is 0.0410. The number of aromatic nitrogens is 2. The van der Waals surface area contributed by atoms with E-state index in [2.05, 4.69) is 44.4 Å². The summed E-state index contributed by atoms with van der Waals surface area (Å²) in [5.41, 5.74) is 1.20. The van der Waals surface area contributed by atoms with Crippen molar-refractivity contribution >= 4 is 34.4 Å². The van der Waals surface area contributed by atoms with E-state index in [-0.39, 0.29) is 0 Å². The SMILES string of the molecule is CCC(I)c1nc(C)ncc1SCCN1CCOCC1. The summed E-state index contributed by atoms with van der Waals surface area (Å²) in [5, 5.41) is 0. The lowest BCUT2D eigenvalue weighted by Crippen LogP contribution is -2.37. The highest BCUT2D eigenvalue weighted by Gasteiger charge is 2.15. The van der Waals surface area contributed by atoms with E-state index in [0.29, 0.717) is 3.92 Å². The van der Waals surface area contributed by atoms with Gasteiger partial charge >= 0.3 is 0 Å². The predicted octanol–water partition coefficient (Wildman–Crippen LogP) is 3.10. The second-order valence-electron chi connectivity index (χ2n) is 4.84. The van der Waals surface area contributed by atoms with Crippen molar-refractivity contribution in [1.29, 1.82) is 0 Å². The third-order valence-corrected chi connectivity index (χ3v) is 5.81. The highest BCUT2D eigenvalue weighted by atomic mass is 127. The molecule has 1 aliphatic heterocycles. The van der Waals surface area contributed by atoms with Crippen LogP contribution in [-0.4, -0.2) is 53.5 Å². The Bertz CT molecular complexity index is 427. The average Bonchev–Trinajstić information content (AvgIpc) is 2.49. The molecule has 1 aliphatic rings. The topological polar surface area (TPSA) is 38.2 Å². The number of hydrogen-bond acceptors (Lipinski definition) is 5. The van der Waals surface area contributed by atoms with Crippen LogP contribution >= 0.6 is 34.4 Å². The zero-order valence-electron chi connectivity index (χ0n) is 12.1. The molecule has 1 fully saturated rings. The number of halogens is 1. The van der Waals surface area contributed by atoms with E-state index < -0.39 is 0 Å². The monoisotopic (exact) mass is 407 g/mol. The number of nitrogens with zero attached hydrogens (tertiary/aromatic N) is 3. The molecule has 0 spiro atoms. The van der Waals surface area contributed by atoms with E-state index in [4.69, 9.17) is 4.74 Å². The maximum atomic E-state index is 5.37. The Labute approximate surface area is 139 Å². The van der Waals surface area contributed by atoms with Crippen LogP contribution < -0.4 is 0 Å². The molecule has 4 nitrogen and oxygen atoms in total. The van der Waals surface area contributed by atoms with Crippen molar-refractivity contribution < 1.29 is 4.74 Å². The summed E-state index contributed by atoms with van der Waals surface area (Å²) >= 11 is 4.36. The fourth-order valence-corrected chi connectivity index (χ4v) is 3.83. The fourth-order valence-electron chi connectivity index (χ4n) is 2.11. The zero-order chi connectivity index (χ0) is 14.4. The maximum Gasteiger partial charge on any atom is 0.125 e. The lowest BCUT2D eigenvalue weighted by atomic mass is 10.2. The van der Waals surface area contributed by atoms with Gasteiger partial charge in [0, 0.05) is 36.5 Å². The predicted molar refractivity (Wildman–Crippen MR) is 91.8 cm³/mol. The lowest BCUT2D eigenvalue weighted by Gasteiger charge is -2.26. The Morgan fingerprint density at radius 2 is 2.20 bits per heavy atom. The number of alkyl halides is 1. The number of rotatable bonds is 6. The van der Waals surface area contributed by atoms with Gasteiger partial charge in [-0.15, -0.1) is 11.8 Å². The highest BCUT2D eigenvalue weighted by Crippen LogP contribution is 2.32. The Hall–Kier alpha value is 0.0800. The molecular weight excluding hydrogens is 385 g/mol. The first-order chi connectivity index (χ1) is 9.70. The summed E-state index contributed by atoms with van der Waals surface area (Å²) in [6.45, 7) is 9.13. The first-order valence-electron chi connectivity index (χ1n) is 7.11. The van der Waals surface area contributed by atoms with Crippen LogP contribution in [0.1, 0.15) is 28.8 Å². The van der Waals surface area contributed by atoms with Gasteiger partial charge in [-0.25, -0.2) is 9.97 Å². The third kappa shape index (κ3) is 4.82. The first kappa shape index (κ1) is 16.5. The van der Waals surface area contributed by atoms with Crippen LogP contribution in [0.5, 0.6) is 0 Å². The molecule has 0 amide bonds. The van der Waals surface area contributed by atoms with Crippen molar-refractivity contribution in [2.75, 3.05) is 38.6 Å². The molecule has 0 saturated carbocycles. The van der Waals surface area contributed by atoms with Crippen molar-refractivity contribution in [2.45, 2.75) is 29.1 Å². The Balaban J connectivity index is 1.91. The summed E-state index contributed by atoms with van der Waals surface area (Å²) in [6.07, 6.45) is 3.09. The molecule has 1 aromatic heterocycles. The van der Waals surface area contributed by atoms with Gasteiger partial charge in [-0.1, -0.05) is 29.5 Å². The van der Waals surface area contributed by atoms with Gasteiger partial charge in [0.1, 0.15) is 5.82 Å². The second-order valence-corrected chi connectivity index (χ2v) is 7.49. The molecule has 6 heteroatoms. The normalized spacial score (nSPS) is 18.1. The number of thioether (sulfide) groups is 1. The second kappa shape index (κ2) is 8.51. The molecular formula is C14H22IN3OS. The molecule has 20 heavy (non-hydrogen) atoms. The number of aryl methyl sites for hydroxylation is 1. The van der Waals surface area contributed by atoms with Crippen molar-refractivity contribution in [2.24, 2.45) is 0 Å². The van der Waals surface area contributed by atoms with Crippen molar-refractivity contribution in [3.8, 4) is 0 Å². The molecule has 1 unspecified atom stereocenters. The van der Waals surface area contributed by atoms with E-state index in [1.165, 1.54) is 10.6 Å². The average molecular weight is 407 g/mol. The van der Waals surface area contributed by atoms with Gasteiger partial charge in [0.05, 0.1) is 22.8 Å². The van der Waals surface area contributed by atoms with Crippen LogP contribution in [0.2, 0.25) is 0 Å². The molecule has 2 rings (SSSR count). The van der Waals surface area contributed by atoms with Crippen molar-refractivity contribution in [3.05, 3.63) is 17.7 Å². The van der Waals surface area contributed by atoms with Crippen LogP contribution in [-0.2, 0) is 4.74 Å². The van der Waals surface area contributed by atoms with Gasteiger partial charge in [-0.2, -0.15) is 0 Å². The minimum Gasteiger partial charge on any atom is -0.379 e. The minimum absolute atomic E-state index is 0.472. The van der Waals surface area contributed by atoms with Gasteiger partial charge in [-0.3, -0.25) is 4.90 Å². The summed E-state index contributed by atoms with van der Waals surface area (Å²) in [7, 11) is 0. The quantitative estimate of drug-likeness (QED) is 0.412. The van der Waals surface area contributed by atoms with Crippen LogP contribution in [0, 0.1) is 6.92 Å². The summed E-state index contributed by atoms with van der Waals surface area (Å²) in [6, 6.07) is 0. The van der Waals surface area contributed by atoms with Crippen LogP contribution in [0.4, 0.5) is 0 Å². The van der Waals surface area contributed by atoms with Crippen molar-refractivity contribution in [3.63, 3.8) is 0 Å². The fraction of sp³-hybridized carbons (Fsp3) is 0.714. The molecule has 0 N–H and O–H groups in total. The number of morpholine rings is 1. The maximum absolute atomic E-state index is 5.37. The van der Waals surface area contributed by atoms with Crippen LogP contribution in [0.15, 0.2) is 11.1 Å².